The molecule has 1 N–H and O–H groups in total. The van der Waals surface area contributed by atoms with Crippen LogP contribution in [0.3, 0.4) is 0 Å². The summed E-state index contributed by atoms with van der Waals surface area (Å²) in [5, 5.41) is 2.64. The second kappa shape index (κ2) is 6.74. The van der Waals surface area contributed by atoms with E-state index in [1.165, 1.54) is 25.3 Å². The van der Waals surface area contributed by atoms with Gasteiger partial charge in [0.15, 0.2) is 0 Å². The van der Waals surface area contributed by atoms with Crippen LogP contribution in [0, 0.1) is 5.82 Å². The van der Waals surface area contributed by atoms with E-state index in [9.17, 15) is 9.18 Å². The van der Waals surface area contributed by atoms with Gasteiger partial charge in [-0.2, -0.15) is 0 Å². The van der Waals surface area contributed by atoms with Crippen LogP contribution in [-0.4, -0.2) is 20.1 Å². The molecule has 2 aromatic rings. The number of ether oxygens (including phenoxy) is 2. The molecule has 0 radical (unpaired) electrons. The first-order chi connectivity index (χ1) is 10.1. The molecule has 0 spiro atoms. The summed E-state index contributed by atoms with van der Waals surface area (Å²) in [5.74, 6) is 0.463. The average molecular weight is 289 g/mol. The molecular formula is C16H16FNO3. The number of hydrogen-bond donors (Lipinski definition) is 1. The molecule has 2 rings (SSSR count). The number of hydrogen-bond acceptors (Lipinski definition) is 3. The third-order valence-electron chi connectivity index (χ3n) is 2.96. The smallest absolute Gasteiger partial charge is 0.228 e. The van der Waals surface area contributed by atoms with Gasteiger partial charge < -0.3 is 14.8 Å². The fraction of sp³-hybridized carbons (Fsp3) is 0.188. The van der Waals surface area contributed by atoms with Crippen molar-refractivity contribution in [1.82, 2.24) is 0 Å². The third kappa shape index (κ3) is 3.95. The molecule has 0 aliphatic heterocycles. The van der Waals surface area contributed by atoms with Gasteiger partial charge in [-0.05, 0) is 29.8 Å². The molecule has 0 unspecified atom stereocenters. The topological polar surface area (TPSA) is 47.6 Å². The second-order valence-corrected chi connectivity index (χ2v) is 4.42. The number of methoxy groups -OCH3 is 2. The highest BCUT2D eigenvalue weighted by atomic mass is 19.1. The van der Waals surface area contributed by atoms with Crippen LogP contribution in [0.25, 0.3) is 0 Å². The number of carbonyl (C=O) groups excluding carboxylic acids is 1. The Morgan fingerprint density at radius 1 is 1.10 bits per heavy atom. The SMILES string of the molecule is COc1ccc(CC(=O)Nc2cc(F)ccc2OC)cc1. The van der Waals surface area contributed by atoms with Crippen molar-refractivity contribution in [1.29, 1.82) is 0 Å². The van der Waals surface area contributed by atoms with Crippen molar-refractivity contribution >= 4 is 11.6 Å². The lowest BCUT2D eigenvalue weighted by atomic mass is 10.1. The molecule has 0 aromatic heterocycles. The van der Waals surface area contributed by atoms with E-state index in [0.717, 1.165) is 11.3 Å². The first-order valence-electron chi connectivity index (χ1n) is 6.38. The van der Waals surface area contributed by atoms with Crippen molar-refractivity contribution in [3.63, 3.8) is 0 Å². The molecule has 0 aliphatic carbocycles. The van der Waals surface area contributed by atoms with Crippen molar-refractivity contribution in [2.24, 2.45) is 0 Å². The summed E-state index contributed by atoms with van der Waals surface area (Å²) in [6, 6.07) is 11.2. The Balaban J connectivity index is 2.05. The van der Waals surface area contributed by atoms with Gasteiger partial charge in [0.25, 0.3) is 0 Å². The molecule has 0 fully saturated rings. The van der Waals surface area contributed by atoms with E-state index in [1.807, 2.05) is 0 Å². The molecule has 2 aromatic carbocycles. The van der Waals surface area contributed by atoms with Crippen LogP contribution in [0.5, 0.6) is 11.5 Å². The Morgan fingerprint density at radius 3 is 2.43 bits per heavy atom. The number of nitrogens with one attached hydrogen (secondary N) is 1. The summed E-state index contributed by atoms with van der Waals surface area (Å²) in [5.41, 5.74) is 1.15. The van der Waals surface area contributed by atoms with Gasteiger partial charge in [-0.25, -0.2) is 4.39 Å². The molecule has 4 nitrogen and oxygen atoms in total. The van der Waals surface area contributed by atoms with Gasteiger partial charge in [0.1, 0.15) is 17.3 Å². The van der Waals surface area contributed by atoms with E-state index in [2.05, 4.69) is 5.32 Å². The maximum absolute atomic E-state index is 13.2. The van der Waals surface area contributed by atoms with E-state index in [4.69, 9.17) is 9.47 Å². The highest BCUT2D eigenvalue weighted by Gasteiger charge is 2.09. The van der Waals surface area contributed by atoms with Crippen molar-refractivity contribution in [2.45, 2.75) is 6.42 Å². The first kappa shape index (κ1) is 14.8. The third-order valence-corrected chi connectivity index (χ3v) is 2.96. The zero-order valence-electron chi connectivity index (χ0n) is 11.9. The molecule has 0 saturated carbocycles. The highest BCUT2D eigenvalue weighted by Crippen LogP contribution is 2.25. The fourth-order valence-electron chi connectivity index (χ4n) is 1.90. The summed E-state index contributed by atoms with van der Waals surface area (Å²) in [6.07, 6.45) is 0.184. The van der Waals surface area contributed by atoms with Crippen molar-refractivity contribution in [3.8, 4) is 11.5 Å². The molecule has 0 saturated heterocycles. The van der Waals surface area contributed by atoms with E-state index in [1.54, 1.807) is 31.4 Å². The Labute approximate surface area is 122 Å². The van der Waals surface area contributed by atoms with E-state index >= 15 is 0 Å². The van der Waals surface area contributed by atoms with Gasteiger partial charge in [-0.3, -0.25) is 4.79 Å². The van der Waals surface area contributed by atoms with Crippen molar-refractivity contribution < 1.29 is 18.7 Å². The summed E-state index contributed by atoms with van der Waals surface area (Å²) in [6.45, 7) is 0. The monoisotopic (exact) mass is 289 g/mol. The molecule has 21 heavy (non-hydrogen) atoms. The predicted octanol–water partition coefficient (Wildman–Crippen LogP) is 3.02. The van der Waals surface area contributed by atoms with Crippen LogP contribution >= 0.6 is 0 Å². The van der Waals surface area contributed by atoms with Crippen LogP contribution in [-0.2, 0) is 11.2 Å². The van der Waals surface area contributed by atoms with Crippen LogP contribution in [0.1, 0.15) is 5.56 Å². The molecule has 1 amide bonds. The maximum atomic E-state index is 13.2. The largest absolute Gasteiger partial charge is 0.497 e. The van der Waals surface area contributed by atoms with Crippen LogP contribution in [0.4, 0.5) is 10.1 Å². The molecule has 0 atom stereocenters. The van der Waals surface area contributed by atoms with Gasteiger partial charge >= 0.3 is 0 Å². The molecule has 0 heterocycles. The minimum Gasteiger partial charge on any atom is -0.497 e. The number of carbonyl (C=O) groups is 1. The Kier molecular flexibility index (Phi) is 4.77. The Morgan fingerprint density at radius 2 is 1.81 bits per heavy atom. The first-order valence-corrected chi connectivity index (χ1v) is 6.38. The maximum Gasteiger partial charge on any atom is 0.228 e. The van der Waals surface area contributed by atoms with E-state index in [0.29, 0.717) is 11.4 Å². The second-order valence-electron chi connectivity index (χ2n) is 4.42. The number of amides is 1. The van der Waals surface area contributed by atoms with Gasteiger partial charge in [-0.15, -0.1) is 0 Å². The average Bonchev–Trinajstić information content (AvgIpc) is 2.48. The number of anilines is 1. The molecule has 0 aliphatic rings. The van der Waals surface area contributed by atoms with Crippen LogP contribution in [0.15, 0.2) is 42.5 Å². The molecule has 110 valence electrons. The summed E-state index contributed by atoms with van der Waals surface area (Å²) in [7, 11) is 3.05. The van der Waals surface area contributed by atoms with Gasteiger partial charge in [-0.1, -0.05) is 12.1 Å². The zero-order valence-corrected chi connectivity index (χ0v) is 11.9. The molecular weight excluding hydrogens is 273 g/mol. The van der Waals surface area contributed by atoms with E-state index < -0.39 is 5.82 Å². The van der Waals surface area contributed by atoms with Gasteiger partial charge in [0.05, 0.1) is 26.3 Å². The highest BCUT2D eigenvalue weighted by molar-refractivity contribution is 5.93. The Hall–Kier alpha value is -2.56. The van der Waals surface area contributed by atoms with Crippen LogP contribution < -0.4 is 14.8 Å². The van der Waals surface area contributed by atoms with E-state index in [-0.39, 0.29) is 12.3 Å². The zero-order chi connectivity index (χ0) is 15.2. The molecule has 5 heteroatoms. The number of rotatable bonds is 5. The van der Waals surface area contributed by atoms with Gasteiger partial charge in [0, 0.05) is 6.07 Å². The van der Waals surface area contributed by atoms with Crippen molar-refractivity contribution in [3.05, 3.63) is 53.8 Å². The summed E-state index contributed by atoms with van der Waals surface area (Å²) >= 11 is 0. The summed E-state index contributed by atoms with van der Waals surface area (Å²) < 4.78 is 23.4. The van der Waals surface area contributed by atoms with Crippen molar-refractivity contribution in [2.75, 3.05) is 19.5 Å². The van der Waals surface area contributed by atoms with Crippen LogP contribution in [0.2, 0.25) is 0 Å². The lowest BCUT2D eigenvalue weighted by Crippen LogP contribution is -2.15. The summed E-state index contributed by atoms with van der Waals surface area (Å²) in [4.78, 5) is 12.0. The normalized spacial score (nSPS) is 10.0. The number of halogens is 1. The lowest BCUT2D eigenvalue weighted by molar-refractivity contribution is -0.115. The Bertz CT molecular complexity index is 626. The molecule has 0 bridgehead atoms. The minimum absolute atomic E-state index is 0.184. The predicted molar refractivity (Wildman–Crippen MR) is 78.3 cm³/mol. The standard InChI is InChI=1S/C16H16FNO3/c1-20-13-6-3-11(4-7-13)9-16(19)18-14-10-12(17)5-8-15(14)21-2/h3-8,10H,9H2,1-2H3,(H,18,19). The van der Waals surface area contributed by atoms with Gasteiger partial charge in [0.2, 0.25) is 5.91 Å². The lowest BCUT2D eigenvalue weighted by Gasteiger charge is -2.10. The fourth-order valence-corrected chi connectivity index (χ4v) is 1.90. The minimum atomic E-state index is -0.435. The quantitative estimate of drug-likeness (QED) is 0.920. The number of benzene rings is 2.